The van der Waals surface area contributed by atoms with E-state index in [1.807, 2.05) is 51.7 Å². The molecule has 20 heavy (non-hydrogen) atoms. The Bertz CT molecular complexity index is 346. The summed E-state index contributed by atoms with van der Waals surface area (Å²) in [5.74, 6) is 0.933. The summed E-state index contributed by atoms with van der Waals surface area (Å²) in [6.45, 7) is 20.9. The number of carbonyl (C=O) groups excluding carboxylic acids is 1. The monoisotopic (exact) mass is 279 g/mol. The van der Waals surface area contributed by atoms with Crippen LogP contribution in [0.3, 0.4) is 0 Å². The van der Waals surface area contributed by atoms with Gasteiger partial charge in [-0.05, 0) is 32.3 Å². The van der Waals surface area contributed by atoms with Crippen molar-refractivity contribution in [3.8, 4) is 0 Å². The summed E-state index contributed by atoms with van der Waals surface area (Å²) >= 11 is 0. The fraction of sp³-hybridized carbons (Fsp3) is 0.611. The van der Waals surface area contributed by atoms with E-state index < -0.39 is 0 Å². The zero-order chi connectivity index (χ0) is 16.3. The van der Waals surface area contributed by atoms with Gasteiger partial charge in [0.25, 0.3) is 5.91 Å². The molecule has 1 heterocycles. The van der Waals surface area contributed by atoms with E-state index in [0.717, 1.165) is 17.1 Å². The average Bonchev–Trinajstić information content (AvgIpc) is 2.68. The first-order valence-electron chi connectivity index (χ1n) is 7.64. The Balaban J connectivity index is 0. The second-order valence-electron chi connectivity index (χ2n) is 5.40. The predicted molar refractivity (Wildman–Crippen MR) is 90.7 cm³/mol. The van der Waals surface area contributed by atoms with Crippen molar-refractivity contribution >= 4 is 5.91 Å². The van der Waals surface area contributed by atoms with Gasteiger partial charge in [-0.15, -0.1) is 0 Å². The second kappa shape index (κ2) is 11.5. The van der Waals surface area contributed by atoms with Crippen LogP contribution in [-0.4, -0.2) is 23.4 Å². The van der Waals surface area contributed by atoms with E-state index in [0.29, 0.717) is 6.54 Å². The summed E-state index contributed by atoms with van der Waals surface area (Å²) in [4.78, 5) is 13.7. The molecule has 1 aliphatic rings. The largest absolute Gasteiger partial charge is 0.332 e. The van der Waals surface area contributed by atoms with Crippen LogP contribution in [-0.2, 0) is 4.79 Å². The van der Waals surface area contributed by atoms with Crippen LogP contribution in [0, 0.1) is 5.92 Å². The van der Waals surface area contributed by atoms with Gasteiger partial charge in [-0.2, -0.15) is 0 Å². The lowest BCUT2D eigenvalue weighted by Crippen LogP contribution is -2.33. The third-order valence-corrected chi connectivity index (χ3v) is 2.37. The van der Waals surface area contributed by atoms with Crippen LogP contribution in [0.15, 0.2) is 36.0 Å². The standard InChI is InChI=1S/C12H17NO.C4H10.C2H6/c1-5-7-10-8-13(9(3)4)12(14)11(10)6-2;1-4(2)3;1-2/h5-7,9H,2,8H2,1,3-4H3;4H,1-3H3;1-2H3/b7-5-;;. The molecule has 0 radical (unpaired) electrons. The van der Waals surface area contributed by atoms with Crippen molar-refractivity contribution in [3.05, 3.63) is 36.0 Å². The number of carbonyl (C=O) groups is 1. The predicted octanol–water partition coefficient (Wildman–Crippen LogP) is 4.98. The maximum Gasteiger partial charge on any atom is 0.254 e. The summed E-state index contributed by atoms with van der Waals surface area (Å²) < 4.78 is 0. The van der Waals surface area contributed by atoms with Crippen LogP contribution in [0.5, 0.6) is 0 Å². The summed E-state index contributed by atoms with van der Waals surface area (Å²) in [5.41, 5.74) is 1.82. The highest BCUT2D eigenvalue weighted by Gasteiger charge is 2.28. The molecule has 2 heteroatoms. The van der Waals surface area contributed by atoms with Crippen molar-refractivity contribution in [2.24, 2.45) is 5.92 Å². The lowest BCUT2D eigenvalue weighted by atomic mass is 10.1. The first-order chi connectivity index (χ1) is 9.34. The smallest absolute Gasteiger partial charge is 0.254 e. The number of hydrogen-bond acceptors (Lipinski definition) is 1. The van der Waals surface area contributed by atoms with Crippen molar-refractivity contribution in [2.45, 2.75) is 61.4 Å². The van der Waals surface area contributed by atoms with E-state index in [9.17, 15) is 4.79 Å². The summed E-state index contributed by atoms with van der Waals surface area (Å²) in [6, 6.07) is 0.250. The van der Waals surface area contributed by atoms with Crippen LogP contribution >= 0.6 is 0 Å². The van der Waals surface area contributed by atoms with Gasteiger partial charge in [-0.1, -0.05) is 59.4 Å². The fourth-order valence-corrected chi connectivity index (χ4v) is 1.61. The van der Waals surface area contributed by atoms with Gasteiger partial charge in [0.1, 0.15) is 0 Å². The average molecular weight is 279 g/mol. The van der Waals surface area contributed by atoms with Gasteiger partial charge >= 0.3 is 0 Å². The van der Waals surface area contributed by atoms with Crippen LogP contribution < -0.4 is 0 Å². The first kappa shape index (κ1) is 21.0. The van der Waals surface area contributed by atoms with Crippen LogP contribution in [0.4, 0.5) is 0 Å². The molecule has 0 atom stereocenters. The second-order valence-corrected chi connectivity index (χ2v) is 5.40. The summed E-state index contributed by atoms with van der Waals surface area (Å²) in [6.07, 6.45) is 5.59. The molecular formula is C18H33NO. The van der Waals surface area contributed by atoms with Gasteiger partial charge < -0.3 is 4.90 Å². The Labute approximate surface area is 126 Å². The molecule has 1 rings (SSSR count). The first-order valence-corrected chi connectivity index (χ1v) is 7.64. The molecule has 0 bridgehead atoms. The summed E-state index contributed by atoms with van der Waals surface area (Å²) in [7, 11) is 0. The fourth-order valence-electron chi connectivity index (χ4n) is 1.61. The maximum atomic E-state index is 11.8. The van der Waals surface area contributed by atoms with E-state index in [4.69, 9.17) is 0 Å². The minimum Gasteiger partial charge on any atom is -0.332 e. The van der Waals surface area contributed by atoms with Gasteiger partial charge in [0, 0.05) is 18.2 Å². The molecule has 116 valence electrons. The molecular weight excluding hydrogens is 246 g/mol. The van der Waals surface area contributed by atoms with Crippen LogP contribution in [0.2, 0.25) is 0 Å². The zero-order valence-corrected chi connectivity index (χ0v) is 14.7. The molecule has 0 aromatic rings. The molecule has 1 amide bonds. The molecule has 0 fully saturated rings. The van der Waals surface area contributed by atoms with Gasteiger partial charge in [0.2, 0.25) is 0 Å². The maximum absolute atomic E-state index is 11.8. The van der Waals surface area contributed by atoms with E-state index in [2.05, 4.69) is 27.4 Å². The normalized spacial score (nSPS) is 14.5. The van der Waals surface area contributed by atoms with Gasteiger partial charge in [-0.3, -0.25) is 4.79 Å². The molecule has 0 aromatic heterocycles. The quantitative estimate of drug-likeness (QED) is 0.713. The van der Waals surface area contributed by atoms with Crippen molar-refractivity contribution in [3.63, 3.8) is 0 Å². The Morgan fingerprint density at radius 3 is 1.90 bits per heavy atom. The van der Waals surface area contributed by atoms with Crippen molar-refractivity contribution in [2.75, 3.05) is 6.54 Å². The minimum absolute atomic E-state index is 0.100. The molecule has 1 aliphatic heterocycles. The van der Waals surface area contributed by atoms with Crippen molar-refractivity contribution < 1.29 is 4.79 Å². The lowest BCUT2D eigenvalue weighted by molar-refractivity contribution is -0.126. The van der Waals surface area contributed by atoms with Crippen LogP contribution in [0.1, 0.15) is 55.4 Å². The molecule has 0 saturated carbocycles. The Kier molecular flexibility index (Phi) is 12.1. The SMILES string of the molecule is C=CC1=C(/C=C\C)CN(C(C)C)C1=O.CC.CC(C)C. The molecule has 0 unspecified atom stereocenters. The van der Waals surface area contributed by atoms with Crippen molar-refractivity contribution in [1.29, 1.82) is 0 Å². The van der Waals surface area contributed by atoms with Gasteiger partial charge in [-0.25, -0.2) is 0 Å². The Hall–Kier alpha value is -1.31. The van der Waals surface area contributed by atoms with E-state index in [-0.39, 0.29) is 11.9 Å². The number of amides is 1. The van der Waals surface area contributed by atoms with E-state index >= 15 is 0 Å². The van der Waals surface area contributed by atoms with E-state index in [1.54, 1.807) is 6.08 Å². The third kappa shape index (κ3) is 7.32. The number of rotatable bonds is 3. The highest BCUT2D eigenvalue weighted by atomic mass is 16.2. The number of hydrogen-bond donors (Lipinski definition) is 0. The van der Waals surface area contributed by atoms with Crippen molar-refractivity contribution in [1.82, 2.24) is 4.90 Å². The molecule has 0 spiro atoms. The van der Waals surface area contributed by atoms with Gasteiger partial charge in [0.05, 0.1) is 0 Å². The van der Waals surface area contributed by atoms with Crippen LogP contribution in [0.25, 0.3) is 0 Å². The highest BCUT2D eigenvalue weighted by molar-refractivity contribution is 6.00. The summed E-state index contributed by atoms with van der Waals surface area (Å²) in [5, 5.41) is 0. The zero-order valence-electron chi connectivity index (χ0n) is 14.7. The Morgan fingerprint density at radius 1 is 1.15 bits per heavy atom. The molecule has 0 N–H and O–H groups in total. The Morgan fingerprint density at radius 2 is 1.60 bits per heavy atom. The lowest BCUT2D eigenvalue weighted by Gasteiger charge is -2.20. The third-order valence-electron chi connectivity index (χ3n) is 2.37. The number of nitrogens with zero attached hydrogens (tertiary/aromatic N) is 1. The molecule has 0 saturated heterocycles. The van der Waals surface area contributed by atoms with E-state index in [1.165, 1.54) is 0 Å². The molecule has 2 nitrogen and oxygen atoms in total. The molecule has 0 aromatic carbocycles. The number of allylic oxidation sites excluding steroid dienone is 1. The topological polar surface area (TPSA) is 20.3 Å². The minimum atomic E-state index is 0.100. The molecule has 0 aliphatic carbocycles. The van der Waals surface area contributed by atoms with Gasteiger partial charge in [0.15, 0.2) is 0 Å². The highest BCUT2D eigenvalue weighted by Crippen LogP contribution is 2.22.